The van der Waals surface area contributed by atoms with Gasteiger partial charge in [-0.3, -0.25) is 9.59 Å². The third-order valence-corrected chi connectivity index (χ3v) is 5.11. The average molecular weight is 426 g/mol. The first-order valence-corrected chi connectivity index (χ1v) is 10.3. The van der Waals surface area contributed by atoms with Crippen LogP contribution in [-0.2, 0) is 9.59 Å². The molecule has 0 spiro atoms. The summed E-state index contributed by atoms with van der Waals surface area (Å²) in [7, 11) is 3.69. The Labute approximate surface area is 181 Å². The number of benzene rings is 2. The molecule has 1 atom stereocenters. The highest BCUT2D eigenvalue weighted by Crippen LogP contribution is 2.40. The zero-order valence-electron chi connectivity index (χ0n) is 18.0. The molecule has 0 bridgehead atoms. The lowest BCUT2D eigenvalue weighted by molar-refractivity contribution is -0.140. The maximum absolute atomic E-state index is 14.7. The number of aliphatic hydroxyl groups is 1. The van der Waals surface area contributed by atoms with Crippen molar-refractivity contribution in [1.29, 1.82) is 0 Å². The summed E-state index contributed by atoms with van der Waals surface area (Å²) in [5.41, 5.74) is 0.377. The van der Waals surface area contributed by atoms with Gasteiger partial charge in [-0.1, -0.05) is 37.3 Å². The Morgan fingerprint density at radius 3 is 2.58 bits per heavy atom. The maximum Gasteiger partial charge on any atom is 0.295 e. The fourth-order valence-corrected chi connectivity index (χ4v) is 3.55. The Kier molecular flexibility index (Phi) is 7.07. The normalized spacial score (nSPS) is 18.1. The van der Waals surface area contributed by atoms with Gasteiger partial charge < -0.3 is 19.6 Å². The van der Waals surface area contributed by atoms with Gasteiger partial charge in [0.25, 0.3) is 11.7 Å². The molecule has 7 heteroatoms. The van der Waals surface area contributed by atoms with E-state index in [2.05, 4.69) is 0 Å². The van der Waals surface area contributed by atoms with E-state index < -0.39 is 23.5 Å². The number of rotatable bonds is 8. The standard InChI is InChI=1S/C24H27FN2O4/c1-4-14-31-17-9-7-8-16(15-17)22(28)20-21(18-10-5-6-11-19(18)25)27(13-12-26(2)3)24(30)23(20)29/h5-11,15,21,28H,4,12-14H2,1-3H3/b22-20+. The fraction of sp³-hybridized carbons (Fsp3) is 0.333. The van der Waals surface area contributed by atoms with Gasteiger partial charge in [0.15, 0.2) is 0 Å². The van der Waals surface area contributed by atoms with E-state index in [-0.39, 0.29) is 23.4 Å². The number of amides is 1. The molecule has 1 aliphatic heterocycles. The molecule has 0 aromatic heterocycles. The van der Waals surface area contributed by atoms with E-state index in [1.54, 1.807) is 36.4 Å². The zero-order chi connectivity index (χ0) is 22.5. The third-order valence-electron chi connectivity index (χ3n) is 5.11. The van der Waals surface area contributed by atoms with Crippen LogP contribution in [0, 0.1) is 5.82 Å². The van der Waals surface area contributed by atoms with Gasteiger partial charge in [-0.15, -0.1) is 0 Å². The van der Waals surface area contributed by atoms with E-state index in [0.717, 1.165) is 6.42 Å². The lowest BCUT2D eigenvalue weighted by Gasteiger charge is -2.26. The second-order valence-electron chi connectivity index (χ2n) is 7.69. The molecule has 6 nitrogen and oxygen atoms in total. The summed E-state index contributed by atoms with van der Waals surface area (Å²) in [5, 5.41) is 11.1. The number of carbonyl (C=O) groups excluding carboxylic acids is 2. The molecule has 1 amide bonds. The first kappa shape index (κ1) is 22.5. The molecule has 2 aromatic rings. The third kappa shape index (κ3) is 4.77. The molecule has 164 valence electrons. The number of likely N-dealkylation sites (N-methyl/N-ethyl adjacent to an activating group) is 1. The summed E-state index contributed by atoms with van der Waals surface area (Å²) >= 11 is 0. The van der Waals surface area contributed by atoms with Crippen LogP contribution < -0.4 is 4.74 Å². The number of ketones is 1. The first-order chi connectivity index (χ1) is 14.8. The number of ether oxygens (including phenoxy) is 1. The van der Waals surface area contributed by atoms with Crippen molar-refractivity contribution < 1.29 is 23.8 Å². The monoisotopic (exact) mass is 426 g/mol. The predicted molar refractivity (Wildman–Crippen MR) is 116 cm³/mol. The van der Waals surface area contributed by atoms with E-state index in [0.29, 0.717) is 24.5 Å². The molecule has 3 rings (SSSR count). The van der Waals surface area contributed by atoms with Crippen molar-refractivity contribution in [3.8, 4) is 5.75 Å². The van der Waals surface area contributed by atoms with Crippen molar-refractivity contribution in [2.75, 3.05) is 33.8 Å². The maximum atomic E-state index is 14.7. The fourth-order valence-electron chi connectivity index (χ4n) is 3.55. The largest absolute Gasteiger partial charge is 0.507 e. The second kappa shape index (κ2) is 9.75. The molecule has 1 fully saturated rings. The number of carbonyl (C=O) groups is 2. The molecule has 0 aliphatic carbocycles. The molecular formula is C24H27FN2O4. The Balaban J connectivity index is 2.12. The van der Waals surface area contributed by atoms with Crippen molar-refractivity contribution in [2.24, 2.45) is 0 Å². The molecule has 0 saturated carbocycles. The lowest BCUT2D eigenvalue weighted by atomic mass is 9.95. The van der Waals surface area contributed by atoms with Crippen LogP contribution in [0.25, 0.3) is 5.76 Å². The van der Waals surface area contributed by atoms with E-state index in [9.17, 15) is 19.1 Å². The van der Waals surface area contributed by atoms with Crippen LogP contribution in [0.5, 0.6) is 5.75 Å². The number of hydrogen-bond donors (Lipinski definition) is 1. The topological polar surface area (TPSA) is 70.1 Å². The van der Waals surface area contributed by atoms with E-state index in [1.165, 1.54) is 17.0 Å². The summed E-state index contributed by atoms with van der Waals surface area (Å²) < 4.78 is 20.3. The summed E-state index contributed by atoms with van der Waals surface area (Å²) in [4.78, 5) is 29.0. The molecule has 0 radical (unpaired) electrons. The van der Waals surface area contributed by atoms with E-state index >= 15 is 0 Å². The van der Waals surface area contributed by atoms with Gasteiger partial charge in [0.05, 0.1) is 18.2 Å². The van der Waals surface area contributed by atoms with Gasteiger partial charge in [0.1, 0.15) is 17.3 Å². The average Bonchev–Trinajstić information content (AvgIpc) is 3.00. The minimum absolute atomic E-state index is 0.124. The van der Waals surface area contributed by atoms with Crippen molar-refractivity contribution in [3.63, 3.8) is 0 Å². The van der Waals surface area contributed by atoms with Gasteiger partial charge in [-0.2, -0.15) is 0 Å². The number of Topliss-reactive ketones (excluding diaryl/α,β-unsaturated/α-hetero) is 1. The first-order valence-electron chi connectivity index (χ1n) is 10.3. The van der Waals surface area contributed by atoms with Crippen LogP contribution in [0.3, 0.4) is 0 Å². The smallest absolute Gasteiger partial charge is 0.295 e. The number of hydrogen-bond acceptors (Lipinski definition) is 5. The molecule has 1 saturated heterocycles. The summed E-state index contributed by atoms with van der Waals surface area (Å²) in [6.45, 7) is 3.19. The summed E-state index contributed by atoms with van der Waals surface area (Å²) in [6.07, 6.45) is 0.820. The van der Waals surface area contributed by atoms with Crippen molar-refractivity contribution in [2.45, 2.75) is 19.4 Å². The van der Waals surface area contributed by atoms with Crippen LogP contribution >= 0.6 is 0 Å². The number of aliphatic hydroxyl groups excluding tert-OH is 1. The van der Waals surface area contributed by atoms with Crippen LogP contribution in [-0.4, -0.2) is 60.4 Å². The minimum atomic E-state index is -1.01. The van der Waals surface area contributed by atoms with Crippen molar-refractivity contribution in [3.05, 3.63) is 71.0 Å². The molecule has 1 N–H and O–H groups in total. The van der Waals surface area contributed by atoms with Gasteiger partial charge in [-0.25, -0.2) is 4.39 Å². The quantitative estimate of drug-likeness (QED) is 0.397. The SMILES string of the molecule is CCCOc1cccc(/C(O)=C2\C(=O)C(=O)N(CCN(C)C)C2c2ccccc2F)c1. The van der Waals surface area contributed by atoms with E-state index in [4.69, 9.17) is 4.74 Å². The molecule has 1 aliphatic rings. The zero-order valence-corrected chi connectivity index (χ0v) is 18.0. The molecular weight excluding hydrogens is 399 g/mol. The Morgan fingerprint density at radius 1 is 1.16 bits per heavy atom. The number of halogens is 1. The van der Waals surface area contributed by atoms with Crippen LogP contribution in [0.4, 0.5) is 4.39 Å². The molecule has 2 aromatic carbocycles. The number of likely N-dealkylation sites (tertiary alicyclic amines) is 1. The van der Waals surface area contributed by atoms with Crippen LogP contribution in [0.15, 0.2) is 54.1 Å². The van der Waals surface area contributed by atoms with Crippen molar-refractivity contribution >= 4 is 17.4 Å². The van der Waals surface area contributed by atoms with Gasteiger partial charge in [0.2, 0.25) is 0 Å². The molecule has 1 unspecified atom stereocenters. The Bertz CT molecular complexity index is 1000. The van der Waals surface area contributed by atoms with Gasteiger partial charge in [0, 0.05) is 24.2 Å². The van der Waals surface area contributed by atoms with Crippen molar-refractivity contribution in [1.82, 2.24) is 9.80 Å². The van der Waals surface area contributed by atoms with Gasteiger partial charge in [-0.05, 0) is 38.7 Å². The van der Waals surface area contributed by atoms with Crippen LogP contribution in [0.2, 0.25) is 0 Å². The lowest BCUT2D eigenvalue weighted by Crippen LogP contribution is -2.35. The van der Waals surface area contributed by atoms with Crippen LogP contribution in [0.1, 0.15) is 30.5 Å². The summed E-state index contributed by atoms with van der Waals surface area (Å²) in [6, 6.07) is 11.7. The minimum Gasteiger partial charge on any atom is -0.507 e. The summed E-state index contributed by atoms with van der Waals surface area (Å²) in [5.74, 6) is -1.94. The number of nitrogens with zero attached hydrogens (tertiary/aromatic N) is 2. The molecule has 1 heterocycles. The Morgan fingerprint density at radius 2 is 1.90 bits per heavy atom. The molecule has 31 heavy (non-hydrogen) atoms. The second-order valence-corrected chi connectivity index (χ2v) is 7.69. The highest BCUT2D eigenvalue weighted by molar-refractivity contribution is 6.46. The van der Waals surface area contributed by atoms with E-state index in [1.807, 2.05) is 25.9 Å². The van der Waals surface area contributed by atoms with Gasteiger partial charge >= 0.3 is 0 Å². The highest BCUT2D eigenvalue weighted by Gasteiger charge is 2.46. The predicted octanol–water partition coefficient (Wildman–Crippen LogP) is 3.60. The highest BCUT2D eigenvalue weighted by atomic mass is 19.1. The Hall–Kier alpha value is -3.19.